The molecule has 0 bridgehead atoms. The Labute approximate surface area is 171 Å². The minimum Gasteiger partial charge on any atom is -0.345 e. The van der Waals surface area contributed by atoms with Crippen LogP contribution < -0.4 is 16.6 Å². The van der Waals surface area contributed by atoms with Crippen LogP contribution in [0, 0.1) is 0 Å². The molecule has 1 fully saturated rings. The predicted octanol–water partition coefficient (Wildman–Crippen LogP) is 1.59. The lowest BCUT2D eigenvalue weighted by Crippen LogP contribution is -2.33. The van der Waals surface area contributed by atoms with E-state index in [2.05, 4.69) is 25.4 Å². The number of fused-ring (bicyclic) bond motifs is 1. The van der Waals surface area contributed by atoms with Crippen molar-refractivity contribution in [2.24, 2.45) is 0 Å². The Morgan fingerprint density at radius 2 is 2.03 bits per heavy atom. The van der Waals surface area contributed by atoms with Crippen LogP contribution in [-0.4, -0.2) is 30.6 Å². The number of pyridine rings is 1. The second-order valence-electron chi connectivity index (χ2n) is 8.52. The van der Waals surface area contributed by atoms with Crippen molar-refractivity contribution in [3.8, 4) is 0 Å². The van der Waals surface area contributed by atoms with Gasteiger partial charge in [-0.1, -0.05) is 25.9 Å². The van der Waals surface area contributed by atoms with E-state index in [0.717, 1.165) is 18.5 Å². The van der Waals surface area contributed by atoms with Gasteiger partial charge in [0, 0.05) is 23.6 Å². The number of aromatic nitrogens is 5. The van der Waals surface area contributed by atoms with Crippen molar-refractivity contribution in [1.82, 2.24) is 30.0 Å². The third-order valence-corrected chi connectivity index (χ3v) is 5.04. The van der Waals surface area contributed by atoms with Crippen LogP contribution in [0.25, 0.3) is 11.0 Å². The first-order valence-corrected chi connectivity index (χ1v) is 9.98. The van der Waals surface area contributed by atoms with Crippen LogP contribution in [0.5, 0.6) is 0 Å². The van der Waals surface area contributed by atoms with Gasteiger partial charge in [0.2, 0.25) is 5.89 Å². The minimum absolute atomic E-state index is 0.0479. The van der Waals surface area contributed by atoms with Crippen LogP contribution in [0.2, 0.25) is 0 Å². The van der Waals surface area contributed by atoms with E-state index in [9.17, 15) is 14.4 Å². The molecule has 0 aromatic carbocycles. The number of hydrogen-bond acceptors (Lipinski definition) is 7. The van der Waals surface area contributed by atoms with Crippen molar-refractivity contribution in [2.45, 2.75) is 65.0 Å². The first-order valence-electron chi connectivity index (χ1n) is 9.98. The highest BCUT2D eigenvalue weighted by Gasteiger charge is 2.29. The third kappa shape index (κ3) is 3.64. The van der Waals surface area contributed by atoms with E-state index in [0.29, 0.717) is 18.3 Å². The Hall–Kier alpha value is -3.30. The van der Waals surface area contributed by atoms with Crippen molar-refractivity contribution < 1.29 is 9.32 Å². The zero-order valence-corrected chi connectivity index (χ0v) is 17.4. The SMILES string of the molecule is CCn1c(=O)[nH]c(=O)c2c(C(=O)NCc3noc(C(C)(C)C)n3)cc(C3CC3)nc21. The van der Waals surface area contributed by atoms with E-state index in [1.54, 1.807) is 13.0 Å². The maximum Gasteiger partial charge on any atom is 0.329 e. The van der Waals surface area contributed by atoms with E-state index in [1.165, 1.54) is 4.57 Å². The molecule has 1 amide bonds. The summed E-state index contributed by atoms with van der Waals surface area (Å²) in [5.74, 6) is 0.597. The fourth-order valence-corrected chi connectivity index (χ4v) is 3.24. The number of aryl methyl sites for hydroxylation is 1. The van der Waals surface area contributed by atoms with Crippen LogP contribution in [0.15, 0.2) is 20.2 Å². The first kappa shape index (κ1) is 20.0. The van der Waals surface area contributed by atoms with Crippen LogP contribution in [-0.2, 0) is 18.5 Å². The molecule has 1 aliphatic carbocycles. The quantitative estimate of drug-likeness (QED) is 0.649. The molecule has 3 heterocycles. The molecular formula is C20H24N6O4. The van der Waals surface area contributed by atoms with Gasteiger partial charge in [0.05, 0.1) is 17.5 Å². The van der Waals surface area contributed by atoms with Crippen molar-refractivity contribution in [3.05, 3.63) is 49.9 Å². The number of aromatic amines is 1. The summed E-state index contributed by atoms with van der Waals surface area (Å²) < 4.78 is 6.61. The highest BCUT2D eigenvalue weighted by atomic mass is 16.5. The lowest BCUT2D eigenvalue weighted by Gasteiger charge is -2.12. The molecule has 158 valence electrons. The summed E-state index contributed by atoms with van der Waals surface area (Å²) in [5, 5.41) is 6.74. The molecule has 10 heteroatoms. The highest BCUT2D eigenvalue weighted by Crippen LogP contribution is 2.39. The summed E-state index contributed by atoms with van der Waals surface area (Å²) >= 11 is 0. The van der Waals surface area contributed by atoms with Gasteiger partial charge < -0.3 is 9.84 Å². The molecular weight excluding hydrogens is 388 g/mol. The highest BCUT2D eigenvalue weighted by molar-refractivity contribution is 6.05. The molecule has 0 unspecified atom stereocenters. The van der Waals surface area contributed by atoms with Crippen molar-refractivity contribution in [3.63, 3.8) is 0 Å². The van der Waals surface area contributed by atoms with Crippen molar-refractivity contribution in [1.29, 1.82) is 0 Å². The summed E-state index contributed by atoms with van der Waals surface area (Å²) in [6.45, 7) is 8.01. The topological polar surface area (TPSA) is 136 Å². The van der Waals surface area contributed by atoms with Crippen LogP contribution in [0.1, 0.15) is 74.2 Å². The van der Waals surface area contributed by atoms with Crippen molar-refractivity contribution >= 4 is 16.9 Å². The van der Waals surface area contributed by atoms with Gasteiger partial charge >= 0.3 is 5.69 Å². The number of nitrogens with one attached hydrogen (secondary N) is 2. The molecule has 3 aromatic heterocycles. The average molecular weight is 412 g/mol. The lowest BCUT2D eigenvalue weighted by molar-refractivity contribution is 0.0951. The van der Waals surface area contributed by atoms with E-state index >= 15 is 0 Å². The zero-order valence-electron chi connectivity index (χ0n) is 17.4. The number of hydrogen-bond donors (Lipinski definition) is 2. The summed E-state index contributed by atoms with van der Waals surface area (Å²) in [5.41, 5.74) is -0.334. The maximum atomic E-state index is 13.0. The lowest BCUT2D eigenvalue weighted by atomic mass is 9.97. The fraction of sp³-hybridized carbons (Fsp3) is 0.500. The average Bonchev–Trinajstić information content (AvgIpc) is 3.41. The first-order chi connectivity index (χ1) is 14.2. The molecule has 2 N–H and O–H groups in total. The van der Waals surface area contributed by atoms with Gasteiger partial charge in [-0.3, -0.25) is 19.1 Å². The molecule has 0 radical (unpaired) electrons. The minimum atomic E-state index is -0.630. The number of nitrogens with zero attached hydrogens (tertiary/aromatic N) is 4. The number of amides is 1. The van der Waals surface area contributed by atoms with Gasteiger partial charge in [-0.2, -0.15) is 4.98 Å². The molecule has 0 saturated heterocycles. The third-order valence-electron chi connectivity index (χ3n) is 5.04. The molecule has 0 aliphatic heterocycles. The number of carbonyl (C=O) groups excluding carboxylic acids is 1. The number of H-pyrrole nitrogens is 1. The monoisotopic (exact) mass is 412 g/mol. The van der Waals surface area contributed by atoms with Gasteiger partial charge in [-0.15, -0.1) is 0 Å². The molecule has 0 spiro atoms. The van der Waals surface area contributed by atoms with Gasteiger partial charge in [0.1, 0.15) is 0 Å². The summed E-state index contributed by atoms with van der Waals surface area (Å²) in [6.07, 6.45) is 1.94. The second-order valence-corrected chi connectivity index (χ2v) is 8.52. The largest absolute Gasteiger partial charge is 0.345 e. The van der Waals surface area contributed by atoms with Crippen LogP contribution >= 0.6 is 0 Å². The van der Waals surface area contributed by atoms with E-state index in [1.807, 2.05) is 20.8 Å². The van der Waals surface area contributed by atoms with E-state index < -0.39 is 17.2 Å². The van der Waals surface area contributed by atoms with E-state index in [-0.39, 0.29) is 34.5 Å². The van der Waals surface area contributed by atoms with Gasteiger partial charge in [0.25, 0.3) is 11.5 Å². The Bertz CT molecular complexity index is 1240. The normalized spacial score (nSPS) is 14.3. The Morgan fingerprint density at radius 1 is 1.30 bits per heavy atom. The fourth-order valence-electron chi connectivity index (χ4n) is 3.24. The Morgan fingerprint density at radius 3 is 2.63 bits per heavy atom. The van der Waals surface area contributed by atoms with Crippen molar-refractivity contribution in [2.75, 3.05) is 0 Å². The Balaban J connectivity index is 1.72. The molecule has 0 atom stereocenters. The van der Waals surface area contributed by atoms with Gasteiger partial charge in [-0.25, -0.2) is 9.78 Å². The molecule has 10 nitrogen and oxygen atoms in total. The zero-order chi connectivity index (χ0) is 21.6. The summed E-state index contributed by atoms with van der Waals surface area (Å²) in [7, 11) is 0. The summed E-state index contributed by atoms with van der Waals surface area (Å²) in [6, 6.07) is 1.64. The smallest absolute Gasteiger partial charge is 0.329 e. The predicted molar refractivity (Wildman–Crippen MR) is 108 cm³/mol. The van der Waals surface area contributed by atoms with Crippen LogP contribution in [0.4, 0.5) is 0 Å². The number of carbonyl (C=O) groups is 1. The standard InChI is InChI=1S/C20H24N6O4/c1-5-26-15-14(17(28)24-19(26)29)11(8-12(22-15)10-6-7-10)16(27)21-9-13-23-18(30-25-13)20(2,3)4/h8,10H,5-7,9H2,1-4H3,(H,21,27)(H,24,28,29). The van der Waals surface area contributed by atoms with E-state index in [4.69, 9.17) is 4.52 Å². The molecule has 3 aromatic rings. The van der Waals surface area contributed by atoms with Gasteiger partial charge in [0.15, 0.2) is 11.5 Å². The summed E-state index contributed by atoms with van der Waals surface area (Å²) in [4.78, 5) is 48.9. The van der Waals surface area contributed by atoms with Crippen LogP contribution in [0.3, 0.4) is 0 Å². The Kier molecular flexibility index (Phi) is 4.79. The maximum absolute atomic E-state index is 13.0. The molecule has 1 aliphatic rings. The number of rotatable bonds is 5. The molecule has 4 rings (SSSR count). The molecule has 30 heavy (non-hydrogen) atoms. The van der Waals surface area contributed by atoms with Gasteiger partial charge in [-0.05, 0) is 25.8 Å². The molecule has 1 saturated carbocycles. The second kappa shape index (κ2) is 7.19.